The van der Waals surface area contributed by atoms with Gasteiger partial charge in [-0.25, -0.2) is 0 Å². The first-order valence-electron chi connectivity index (χ1n) is 4.55. The molecule has 0 saturated carbocycles. The lowest BCUT2D eigenvalue weighted by atomic mass is 9.87. The molecule has 0 aromatic carbocycles. The third-order valence-electron chi connectivity index (χ3n) is 2.62. The minimum absolute atomic E-state index is 0.0774. The van der Waals surface area contributed by atoms with Gasteiger partial charge in [0.25, 0.3) is 0 Å². The zero-order chi connectivity index (χ0) is 9.14. The van der Waals surface area contributed by atoms with Gasteiger partial charge in [0, 0.05) is 0 Å². The summed E-state index contributed by atoms with van der Waals surface area (Å²) >= 11 is 0. The van der Waals surface area contributed by atoms with Gasteiger partial charge in [0.15, 0.2) is 0 Å². The van der Waals surface area contributed by atoms with Crippen molar-refractivity contribution in [1.82, 2.24) is 0 Å². The quantitative estimate of drug-likeness (QED) is 0.637. The SMILES string of the molecule is CC(C)C1COC(CO)C(O)C1. The van der Waals surface area contributed by atoms with E-state index >= 15 is 0 Å². The van der Waals surface area contributed by atoms with Crippen molar-refractivity contribution in [2.24, 2.45) is 11.8 Å². The number of rotatable bonds is 2. The van der Waals surface area contributed by atoms with Crippen LogP contribution in [0.15, 0.2) is 0 Å². The molecule has 1 rings (SSSR count). The zero-order valence-corrected chi connectivity index (χ0v) is 7.73. The van der Waals surface area contributed by atoms with Crippen LogP contribution in [-0.4, -0.2) is 35.6 Å². The molecule has 1 fully saturated rings. The number of hydrogen-bond acceptors (Lipinski definition) is 3. The average molecular weight is 174 g/mol. The van der Waals surface area contributed by atoms with E-state index in [0.717, 1.165) is 6.42 Å². The summed E-state index contributed by atoms with van der Waals surface area (Å²) in [6, 6.07) is 0. The maximum absolute atomic E-state index is 9.50. The molecule has 0 radical (unpaired) electrons. The van der Waals surface area contributed by atoms with Crippen molar-refractivity contribution in [3.8, 4) is 0 Å². The van der Waals surface area contributed by atoms with Crippen molar-refractivity contribution in [2.45, 2.75) is 32.5 Å². The lowest BCUT2D eigenvalue weighted by Gasteiger charge is -2.34. The predicted octanol–water partition coefficient (Wildman–Crippen LogP) is 0.401. The van der Waals surface area contributed by atoms with E-state index in [-0.39, 0.29) is 12.7 Å². The van der Waals surface area contributed by atoms with E-state index in [4.69, 9.17) is 9.84 Å². The highest BCUT2D eigenvalue weighted by Gasteiger charge is 2.30. The first-order chi connectivity index (χ1) is 5.65. The zero-order valence-electron chi connectivity index (χ0n) is 7.73. The molecule has 1 heterocycles. The summed E-state index contributed by atoms with van der Waals surface area (Å²) in [5.41, 5.74) is 0. The molecular weight excluding hydrogens is 156 g/mol. The molecule has 3 nitrogen and oxygen atoms in total. The van der Waals surface area contributed by atoms with Gasteiger partial charge in [-0.1, -0.05) is 13.8 Å². The molecule has 3 atom stereocenters. The van der Waals surface area contributed by atoms with Crippen LogP contribution in [0, 0.1) is 11.8 Å². The number of aliphatic hydroxyl groups excluding tert-OH is 2. The smallest absolute Gasteiger partial charge is 0.106 e. The van der Waals surface area contributed by atoms with Crippen LogP contribution < -0.4 is 0 Å². The maximum Gasteiger partial charge on any atom is 0.106 e. The van der Waals surface area contributed by atoms with Gasteiger partial charge >= 0.3 is 0 Å². The lowest BCUT2D eigenvalue weighted by Crippen LogP contribution is -2.42. The third kappa shape index (κ3) is 2.19. The summed E-state index contributed by atoms with van der Waals surface area (Å²) in [7, 11) is 0. The van der Waals surface area contributed by atoms with Crippen LogP contribution in [0.25, 0.3) is 0 Å². The molecule has 0 amide bonds. The molecule has 12 heavy (non-hydrogen) atoms. The Morgan fingerprint density at radius 3 is 2.58 bits per heavy atom. The van der Waals surface area contributed by atoms with Crippen LogP contribution in [0.4, 0.5) is 0 Å². The van der Waals surface area contributed by atoms with E-state index in [1.54, 1.807) is 0 Å². The summed E-state index contributed by atoms with van der Waals surface area (Å²) in [5, 5.41) is 18.3. The molecule has 1 saturated heterocycles. The average Bonchev–Trinajstić information content (AvgIpc) is 2.04. The highest BCUT2D eigenvalue weighted by atomic mass is 16.5. The minimum Gasteiger partial charge on any atom is -0.394 e. The van der Waals surface area contributed by atoms with Gasteiger partial charge in [-0.05, 0) is 18.3 Å². The standard InChI is InChI=1S/C9H18O3/c1-6(2)7-3-8(11)9(4-10)12-5-7/h6-11H,3-5H2,1-2H3. The monoisotopic (exact) mass is 174 g/mol. The number of hydrogen-bond donors (Lipinski definition) is 2. The fourth-order valence-electron chi connectivity index (χ4n) is 1.53. The minimum atomic E-state index is -0.490. The van der Waals surface area contributed by atoms with Crippen molar-refractivity contribution in [3.63, 3.8) is 0 Å². The first-order valence-corrected chi connectivity index (χ1v) is 4.55. The van der Waals surface area contributed by atoms with Crippen molar-refractivity contribution in [2.75, 3.05) is 13.2 Å². The molecule has 0 aromatic rings. The molecule has 3 unspecified atom stereocenters. The van der Waals surface area contributed by atoms with E-state index in [1.807, 2.05) is 0 Å². The van der Waals surface area contributed by atoms with Crippen LogP contribution in [-0.2, 0) is 4.74 Å². The van der Waals surface area contributed by atoms with E-state index in [2.05, 4.69) is 13.8 Å². The first kappa shape index (κ1) is 9.96. The predicted molar refractivity (Wildman–Crippen MR) is 45.8 cm³/mol. The van der Waals surface area contributed by atoms with Gasteiger partial charge < -0.3 is 14.9 Å². The van der Waals surface area contributed by atoms with E-state index in [0.29, 0.717) is 18.4 Å². The van der Waals surface area contributed by atoms with Gasteiger partial charge in [0.1, 0.15) is 6.10 Å². The van der Waals surface area contributed by atoms with Gasteiger partial charge in [-0.15, -0.1) is 0 Å². The van der Waals surface area contributed by atoms with Crippen molar-refractivity contribution < 1.29 is 14.9 Å². The second-order valence-electron chi connectivity index (χ2n) is 3.86. The van der Waals surface area contributed by atoms with E-state index in [1.165, 1.54) is 0 Å². The second-order valence-corrected chi connectivity index (χ2v) is 3.86. The summed E-state index contributed by atoms with van der Waals surface area (Å²) in [6.45, 7) is 4.84. The number of aliphatic hydroxyl groups is 2. The van der Waals surface area contributed by atoms with Gasteiger partial charge in [-0.2, -0.15) is 0 Å². The van der Waals surface area contributed by atoms with Gasteiger partial charge in [0.2, 0.25) is 0 Å². The highest BCUT2D eigenvalue weighted by molar-refractivity contribution is 4.79. The molecule has 1 aliphatic heterocycles. The van der Waals surface area contributed by atoms with Crippen LogP contribution >= 0.6 is 0 Å². The van der Waals surface area contributed by atoms with Crippen LogP contribution in [0.2, 0.25) is 0 Å². The Kier molecular flexibility index (Phi) is 3.50. The Balaban J connectivity index is 2.40. The Bertz CT molecular complexity index is 136. The fourth-order valence-corrected chi connectivity index (χ4v) is 1.53. The second kappa shape index (κ2) is 4.21. The fraction of sp³-hybridized carbons (Fsp3) is 1.00. The molecule has 1 aliphatic rings. The molecular formula is C9H18O3. The Hall–Kier alpha value is -0.120. The van der Waals surface area contributed by atoms with E-state index < -0.39 is 6.10 Å². The molecule has 72 valence electrons. The van der Waals surface area contributed by atoms with E-state index in [9.17, 15) is 5.11 Å². The van der Waals surface area contributed by atoms with Crippen LogP contribution in [0.1, 0.15) is 20.3 Å². The molecule has 0 spiro atoms. The lowest BCUT2D eigenvalue weighted by molar-refractivity contribution is -0.123. The van der Waals surface area contributed by atoms with Gasteiger partial charge in [-0.3, -0.25) is 0 Å². The van der Waals surface area contributed by atoms with Crippen LogP contribution in [0.3, 0.4) is 0 Å². The number of ether oxygens (including phenoxy) is 1. The third-order valence-corrected chi connectivity index (χ3v) is 2.62. The Morgan fingerprint density at radius 1 is 1.50 bits per heavy atom. The van der Waals surface area contributed by atoms with Crippen LogP contribution in [0.5, 0.6) is 0 Å². The van der Waals surface area contributed by atoms with Gasteiger partial charge in [0.05, 0.1) is 19.3 Å². The molecule has 2 N–H and O–H groups in total. The topological polar surface area (TPSA) is 49.7 Å². The maximum atomic E-state index is 9.50. The largest absolute Gasteiger partial charge is 0.394 e. The summed E-state index contributed by atoms with van der Waals surface area (Å²) < 4.78 is 5.31. The molecule has 0 aromatic heterocycles. The van der Waals surface area contributed by atoms with Crippen molar-refractivity contribution >= 4 is 0 Å². The summed E-state index contributed by atoms with van der Waals surface area (Å²) in [5.74, 6) is 0.974. The van der Waals surface area contributed by atoms with Crippen molar-refractivity contribution in [3.05, 3.63) is 0 Å². The normalized spacial score (nSPS) is 37.2. The van der Waals surface area contributed by atoms with Crippen molar-refractivity contribution in [1.29, 1.82) is 0 Å². The molecule has 0 aliphatic carbocycles. The summed E-state index contributed by atoms with van der Waals surface area (Å²) in [6.07, 6.45) is -0.0979. The Labute approximate surface area is 73.4 Å². The molecule has 0 bridgehead atoms. The molecule has 3 heteroatoms. The Morgan fingerprint density at radius 2 is 2.17 bits per heavy atom. The summed E-state index contributed by atoms with van der Waals surface area (Å²) in [4.78, 5) is 0. The highest BCUT2D eigenvalue weighted by Crippen LogP contribution is 2.25.